The second-order valence-electron chi connectivity index (χ2n) is 4.94. The van der Waals surface area contributed by atoms with Crippen molar-refractivity contribution >= 4 is 36.4 Å². The van der Waals surface area contributed by atoms with E-state index in [-0.39, 0.29) is 16.4 Å². The number of carbonyl (C=O) groups excluding carboxylic acids is 1. The minimum atomic E-state index is -0.261. The van der Waals surface area contributed by atoms with Crippen molar-refractivity contribution in [3.8, 4) is 5.75 Å². The van der Waals surface area contributed by atoms with Crippen molar-refractivity contribution < 1.29 is 13.9 Å². The molecule has 0 aliphatic carbocycles. The number of benzene rings is 2. The predicted octanol–water partition coefficient (Wildman–Crippen LogP) is 3.82. The molecular weight excluding hydrogens is 333 g/mol. The van der Waals surface area contributed by atoms with E-state index in [1.807, 2.05) is 30.3 Å². The minimum Gasteiger partial charge on any atom is -0.489 e. The monoisotopic (exact) mass is 347 g/mol. The zero-order valence-electron chi connectivity index (χ0n) is 12.0. The van der Waals surface area contributed by atoms with E-state index in [9.17, 15) is 9.18 Å². The first-order chi connectivity index (χ1) is 11.1. The number of thiol groups is 1. The molecule has 1 aliphatic heterocycles. The Balaban J connectivity index is 1.62. The van der Waals surface area contributed by atoms with Crippen molar-refractivity contribution in [2.24, 2.45) is 0 Å². The second-order valence-corrected chi connectivity index (χ2v) is 6.95. The number of thioether (sulfide) groups is 1. The third-order valence-corrected chi connectivity index (χ3v) is 4.56. The van der Waals surface area contributed by atoms with Gasteiger partial charge in [0, 0.05) is 0 Å². The van der Waals surface area contributed by atoms with Crippen molar-refractivity contribution in [1.82, 2.24) is 5.32 Å². The minimum absolute atomic E-state index is 0.105. The molecular formula is C17H14FNO2S2. The van der Waals surface area contributed by atoms with E-state index in [2.05, 4.69) is 17.9 Å². The molecule has 1 fully saturated rings. The molecule has 3 nitrogen and oxygen atoms in total. The molecule has 1 amide bonds. The van der Waals surface area contributed by atoms with E-state index >= 15 is 0 Å². The largest absolute Gasteiger partial charge is 0.489 e. The molecule has 2 aromatic rings. The molecule has 6 heteroatoms. The summed E-state index contributed by atoms with van der Waals surface area (Å²) in [4.78, 5) is 12.3. The van der Waals surface area contributed by atoms with Gasteiger partial charge in [0.05, 0.1) is 4.91 Å². The van der Waals surface area contributed by atoms with Crippen molar-refractivity contribution in [1.29, 1.82) is 0 Å². The first-order valence-corrected chi connectivity index (χ1v) is 8.34. The van der Waals surface area contributed by atoms with Crippen LogP contribution in [0.1, 0.15) is 11.1 Å². The predicted molar refractivity (Wildman–Crippen MR) is 93.7 cm³/mol. The zero-order valence-corrected chi connectivity index (χ0v) is 13.7. The topological polar surface area (TPSA) is 38.3 Å². The summed E-state index contributed by atoms with van der Waals surface area (Å²) in [6.45, 7) is 0.375. The number of amides is 1. The van der Waals surface area contributed by atoms with Crippen molar-refractivity contribution in [3.63, 3.8) is 0 Å². The van der Waals surface area contributed by atoms with E-state index < -0.39 is 0 Å². The van der Waals surface area contributed by atoms with Gasteiger partial charge in [0.2, 0.25) is 0 Å². The summed E-state index contributed by atoms with van der Waals surface area (Å²) in [6.07, 6.45) is 1.82. The molecule has 1 unspecified atom stereocenters. The molecule has 3 rings (SSSR count). The van der Waals surface area contributed by atoms with E-state index in [4.69, 9.17) is 4.74 Å². The van der Waals surface area contributed by atoms with Crippen molar-refractivity contribution in [2.75, 3.05) is 0 Å². The first kappa shape index (κ1) is 16.0. The van der Waals surface area contributed by atoms with Crippen LogP contribution in [0.4, 0.5) is 4.39 Å². The normalized spacial score (nSPS) is 19.0. The van der Waals surface area contributed by atoms with Gasteiger partial charge >= 0.3 is 0 Å². The number of halogens is 1. The highest BCUT2D eigenvalue weighted by Gasteiger charge is 2.23. The quantitative estimate of drug-likeness (QED) is 0.652. The number of nitrogens with one attached hydrogen (secondary N) is 1. The molecule has 1 aliphatic rings. The smallest absolute Gasteiger partial charge is 0.259 e. The third kappa shape index (κ3) is 4.30. The lowest BCUT2D eigenvalue weighted by atomic mass is 10.2. The highest BCUT2D eigenvalue weighted by molar-refractivity contribution is 8.14. The average molecular weight is 347 g/mol. The van der Waals surface area contributed by atoms with Crippen LogP contribution in [0.3, 0.4) is 0 Å². The Hall–Kier alpha value is -1.92. The highest BCUT2D eigenvalue weighted by Crippen LogP contribution is 2.31. The lowest BCUT2D eigenvalue weighted by Gasteiger charge is -2.06. The molecule has 1 atom stereocenters. The molecule has 1 heterocycles. The van der Waals surface area contributed by atoms with Crippen LogP contribution < -0.4 is 10.1 Å². The Morgan fingerprint density at radius 2 is 1.87 bits per heavy atom. The number of ether oxygens (including phenoxy) is 1. The van der Waals surface area contributed by atoms with Gasteiger partial charge in [-0.15, -0.1) is 12.6 Å². The SMILES string of the molecule is O=C1NC(S)S/C1=C\c1ccc(OCc2ccc(F)cc2)cc1. The van der Waals surface area contributed by atoms with E-state index in [0.717, 1.165) is 11.1 Å². The number of hydrogen-bond acceptors (Lipinski definition) is 4. The fourth-order valence-corrected chi connectivity index (χ4v) is 3.28. The molecule has 2 aromatic carbocycles. The second kappa shape index (κ2) is 7.10. The van der Waals surface area contributed by atoms with Gasteiger partial charge in [-0.05, 0) is 41.5 Å². The summed E-state index contributed by atoms with van der Waals surface area (Å²) in [6, 6.07) is 13.6. The van der Waals surface area contributed by atoms with Crippen LogP contribution in [0, 0.1) is 5.82 Å². The van der Waals surface area contributed by atoms with Crippen LogP contribution in [-0.2, 0) is 11.4 Å². The van der Waals surface area contributed by atoms with Crippen LogP contribution in [0.15, 0.2) is 53.4 Å². The molecule has 0 saturated carbocycles. The average Bonchev–Trinajstić information content (AvgIpc) is 2.86. The van der Waals surface area contributed by atoms with Crippen LogP contribution >= 0.6 is 24.4 Å². The molecule has 0 radical (unpaired) electrons. The van der Waals surface area contributed by atoms with Gasteiger partial charge in [0.1, 0.15) is 22.9 Å². The molecule has 0 aromatic heterocycles. The maximum Gasteiger partial charge on any atom is 0.259 e. The summed E-state index contributed by atoms with van der Waals surface area (Å²) in [5.41, 5.74) is 1.82. The number of carbonyl (C=O) groups is 1. The van der Waals surface area contributed by atoms with Gasteiger partial charge in [-0.3, -0.25) is 4.79 Å². The highest BCUT2D eigenvalue weighted by atomic mass is 32.2. The van der Waals surface area contributed by atoms with Crippen LogP contribution in [0.25, 0.3) is 6.08 Å². The van der Waals surface area contributed by atoms with Crippen molar-refractivity contribution in [3.05, 3.63) is 70.4 Å². The van der Waals surface area contributed by atoms with E-state index in [0.29, 0.717) is 17.3 Å². The molecule has 118 valence electrons. The Morgan fingerprint density at radius 3 is 2.48 bits per heavy atom. The van der Waals surface area contributed by atoms with Crippen LogP contribution in [0.2, 0.25) is 0 Å². The van der Waals surface area contributed by atoms with E-state index in [1.54, 1.807) is 12.1 Å². The number of rotatable bonds is 4. The zero-order chi connectivity index (χ0) is 16.2. The fraction of sp³-hybridized carbons (Fsp3) is 0.118. The Bertz CT molecular complexity index is 729. The summed E-state index contributed by atoms with van der Waals surface area (Å²) in [7, 11) is 0. The van der Waals surface area contributed by atoms with Crippen LogP contribution in [-0.4, -0.2) is 10.6 Å². The molecule has 1 saturated heterocycles. The summed E-state index contributed by atoms with van der Waals surface area (Å²) in [5, 5.41) is 2.71. The van der Waals surface area contributed by atoms with Gasteiger partial charge in [-0.1, -0.05) is 36.0 Å². The first-order valence-electron chi connectivity index (χ1n) is 6.95. The molecule has 0 spiro atoms. The lowest BCUT2D eigenvalue weighted by molar-refractivity contribution is -0.116. The van der Waals surface area contributed by atoms with Crippen molar-refractivity contribution in [2.45, 2.75) is 11.3 Å². The van der Waals surface area contributed by atoms with Gasteiger partial charge in [0.15, 0.2) is 0 Å². The molecule has 0 bridgehead atoms. The maximum atomic E-state index is 12.8. The molecule has 1 N–H and O–H groups in total. The number of hydrogen-bond donors (Lipinski definition) is 2. The third-order valence-electron chi connectivity index (χ3n) is 3.21. The summed E-state index contributed by atoms with van der Waals surface area (Å²) < 4.78 is 18.3. The van der Waals surface area contributed by atoms with Crippen LogP contribution in [0.5, 0.6) is 5.75 Å². The fourth-order valence-electron chi connectivity index (χ4n) is 2.05. The Kier molecular flexibility index (Phi) is 4.93. The summed E-state index contributed by atoms with van der Waals surface area (Å²) in [5.74, 6) is 0.349. The summed E-state index contributed by atoms with van der Waals surface area (Å²) >= 11 is 5.59. The standard InChI is InChI=1S/C17H14FNO2S2/c18-13-5-1-12(2-6-13)10-21-14-7-3-11(4-8-14)9-15-16(20)19-17(22)23-15/h1-9,17,22H,10H2,(H,19,20)/b15-9-. The Labute approximate surface area is 143 Å². The lowest BCUT2D eigenvalue weighted by Crippen LogP contribution is -2.19. The van der Waals surface area contributed by atoms with Gasteiger partial charge in [0.25, 0.3) is 5.91 Å². The Morgan fingerprint density at radius 1 is 1.17 bits per heavy atom. The van der Waals surface area contributed by atoms with Gasteiger partial charge in [-0.25, -0.2) is 4.39 Å². The van der Waals surface area contributed by atoms with E-state index in [1.165, 1.54) is 23.9 Å². The van der Waals surface area contributed by atoms with Gasteiger partial charge < -0.3 is 10.1 Å². The maximum absolute atomic E-state index is 12.8. The molecule has 23 heavy (non-hydrogen) atoms. The van der Waals surface area contributed by atoms with Gasteiger partial charge in [-0.2, -0.15) is 0 Å².